The van der Waals surface area contributed by atoms with Gasteiger partial charge in [-0.3, -0.25) is 4.79 Å². The third-order valence-corrected chi connectivity index (χ3v) is 6.34. The number of benzene rings is 1. The van der Waals surface area contributed by atoms with E-state index in [1.54, 1.807) is 35.4 Å². The van der Waals surface area contributed by atoms with Crippen molar-refractivity contribution in [3.8, 4) is 5.75 Å². The third-order valence-electron chi connectivity index (χ3n) is 3.85. The summed E-state index contributed by atoms with van der Waals surface area (Å²) >= 11 is 1.61. The lowest BCUT2D eigenvalue weighted by molar-refractivity contribution is -0.130. The summed E-state index contributed by atoms with van der Waals surface area (Å²) in [7, 11) is -1.92. The second kappa shape index (κ2) is 9.16. The quantitative estimate of drug-likeness (QED) is 0.707. The monoisotopic (exact) mass is 396 g/mol. The zero-order chi connectivity index (χ0) is 19.2. The number of carbonyl (C=O) groups excluding carboxylic acids is 1. The van der Waals surface area contributed by atoms with Gasteiger partial charge in [-0.1, -0.05) is 0 Å². The van der Waals surface area contributed by atoms with Gasteiger partial charge in [-0.25, -0.2) is 13.1 Å². The molecule has 1 N–H and O–H groups in total. The Labute approximate surface area is 158 Å². The Balaban J connectivity index is 1.85. The fourth-order valence-electron chi connectivity index (χ4n) is 2.32. The fourth-order valence-corrected chi connectivity index (χ4v) is 4.31. The number of nitrogens with zero attached hydrogens (tertiary/aromatic N) is 1. The molecule has 0 bridgehead atoms. The second-order valence-electron chi connectivity index (χ2n) is 5.83. The molecule has 26 heavy (non-hydrogen) atoms. The molecule has 0 atom stereocenters. The highest BCUT2D eigenvalue weighted by Crippen LogP contribution is 2.18. The molecular formula is C18H24N2O4S2. The van der Waals surface area contributed by atoms with Crippen molar-refractivity contribution >= 4 is 27.3 Å². The number of ether oxygens (including phenoxy) is 1. The van der Waals surface area contributed by atoms with Gasteiger partial charge in [0.1, 0.15) is 5.75 Å². The molecule has 2 rings (SSSR count). The lowest BCUT2D eigenvalue weighted by atomic mass is 10.2. The van der Waals surface area contributed by atoms with Crippen LogP contribution in [0.25, 0.3) is 0 Å². The van der Waals surface area contributed by atoms with Gasteiger partial charge >= 0.3 is 0 Å². The Bertz CT molecular complexity index is 829. The third kappa shape index (κ3) is 5.55. The van der Waals surface area contributed by atoms with Crippen molar-refractivity contribution in [2.45, 2.75) is 31.7 Å². The standard InChI is InChI=1S/C18H24N2O4S2/c1-4-24-15-5-7-16(8-6-15)26(22,23)19-11-9-18(21)20(3)13-17-14(2)10-12-25-17/h5-8,10,12,19H,4,9,11,13H2,1-3H3. The van der Waals surface area contributed by atoms with E-state index in [4.69, 9.17) is 4.74 Å². The van der Waals surface area contributed by atoms with E-state index in [-0.39, 0.29) is 23.8 Å². The maximum absolute atomic E-state index is 12.3. The summed E-state index contributed by atoms with van der Waals surface area (Å²) in [6.45, 7) is 4.98. The summed E-state index contributed by atoms with van der Waals surface area (Å²) in [6, 6.07) is 8.21. The van der Waals surface area contributed by atoms with Crippen LogP contribution in [0.1, 0.15) is 23.8 Å². The van der Waals surface area contributed by atoms with Crippen molar-refractivity contribution in [3.05, 3.63) is 46.2 Å². The lowest BCUT2D eigenvalue weighted by Crippen LogP contribution is -2.31. The van der Waals surface area contributed by atoms with Gasteiger partial charge in [0.15, 0.2) is 0 Å². The van der Waals surface area contributed by atoms with Crippen molar-refractivity contribution in [2.24, 2.45) is 0 Å². The number of rotatable bonds is 9. The van der Waals surface area contributed by atoms with Gasteiger partial charge in [0, 0.05) is 24.9 Å². The Morgan fingerprint density at radius 3 is 2.50 bits per heavy atom. The van der Waals surface area contributed by atoms with E-state index >= 15 is 0 Å². The van der Waals surface area contributed by atoms with Gasteiger partial charge in [-0.2, -0.15) is 0 Å². The van der Waals surface area contributed by atoms with Crippen LogP contribution in [0.2, 0.25) is 0 Å². The molecule has 1 heterocycles. The first-order valence-electron chi connectivity index (χ1n) is 8.33. The van der Waals surface area contributed by atoms with Crippen LogP contribution in [0.4, 0.5) is 0 Å². The van der Waals surface area contributed by atoms with E-state index < -0.39 is 10.0 Å². The van der Waals surface area contributed by atoms with Crippen molar-refractivity contribution in [1.82, 2.24) is 9.62 Å². The summed E-state index contributed by atoms with van der Waals surface area (Å²) < 4.78 is 32.3. The molecule has 1 aromatic heterocycles. The van der Waals surface area contributed by atoms with E-state index in [2.05, 4.69) is 4.72 Å². The normalized spacial score (nSPS) is 11.3. The second-order valence-corrected chi connectivity index (χ2v) is 8.60. The Morgan fingerprint density at radius 2 is 1.92 bits per heavy atom. The molecule has 2 aromatic rings. The maximum atomic E-state index is 12.3. The first kappa shape index (κ1) is 20.4. The van der Waals surface area contributed by atoms with E-state index in [1.165, 1.54) is 12.1 Å². The first-order chi connectivity index (χ1) is 12.3. The smallest absolute Gasteiger partial charge is 0.240 e. The summed E-state index contributed by atoms with van der Waals surface area (Å²) in [5.74, 6) is 0.513. The molecular weight excluding hydrogens is 372 g/mol. The van der Waals surface area contributed by atoms with Crippen LogP contribution >= 0.6 is 11.3 Å². The van der Waals surface area contributed by atoms with Crippen LogP contribution in [-0.4, -0.2) is 39.4 Å². The molecule has 6 nitrogen and oxygen atoms in total. The molecule has 0 saturated carbocycles. The van der Waals surface area contributed by atoms with Crippen LogP contribution in [0, 0.1) is 6.92 Å². The molecule has 142 valence electrons. The van der Waals surface area contributed by atoms with Crippen LogP contribution in [0.15, 0.2) is 40.6 Å². The summed E-state index contributed by atoms with van der Waals surface area (Å²) in [5.41, 5.74) is 1.16. The number of thiophene rings is 1. The van der Waals surface area contributed by atoms with Gasteiger partial charge in [-0.15, -0.1) is 11.3 Å². The molecule has 0 fully saturated rings. The Morgan fingerprint density at radius 1 is 1.23 bits per heavy atom. The molecule has 0 aliphatic rings. The first-order valence-corrected chi connectivity index (χ1v) is 10.7. The Hall–Kier alpha value is -1.90. The van der Waals surface area contributed by atoms with Gasteiger partial charge in [0.2, 0.25) is 15.9 Å². The number of aryl methyl sites for hydroxylation is 1. The molecule has 0 unspecified atom stereocenters. The minimum absolute atomic E-state index is 0.0577. The van der Waals surface area contributed by atoms with Crippen molar-refractivity contribution in [3.63, 3.8) is 0 Å². The highest BCUT2D eigenvalue weighted by Gasteiger charge is 2.16. The van der Waals surface area contributed by atoms with Crippen molar-refractivity contribution in [1.29, 1.82) is 0 Å². The number of amides is 1. The van der Waals surface area contributed by atoms with E-state index in [0.717, 1.165) is 10.4 Å². The maximum Gasteiger partial charge on any atom is 0.240 e. The number of nitrogens with one attached hydrogen (secondary N) is 1. The minimum atomic E-state index is -3.64. The van der Waals surface area contributed by atoms with Crippen molar-refractivity contribution in [2.75, 3.05) is 20.2 Å². The zero-order valence-electron chi connectivity index (χ0n) is 15.2. The largest absolute Gasteiger partial charge is 0.494 e. The molecule has 0 radical (unpaired) electrons. The number of carbonyl (C=O) groups is 1. The van der Waals surface area contributed by atoms with Crippen LogP contribution < -0.4 is 9.46 Å². The number of sulfonamides is 1. The van der Waals surface area contributed by atoms with Gasteiger partial charge in [-0.05, 0) is 55.1 Å². The van der Waals surface area contributed by atoms with Gasteiger partial charge in [0.05, 0.1) is 18.0 Å². The van der Waals surface area contributed by atoms with Crippen LogP contribution in [0.5, 0.6) is 5.75 Å². The van der Waals surface area contributed by atoms with E-state index in [0.29, 0.717) is 18.9 Å². The summed E-state index contributed by atoms with van der Waals surface area (Å²) in [4.78, 5) is 15.1. The van der Waals surface area contributed by atoms with Crippen molar-refractivity contribution < 1.29 is 17.9 Å². The van der Waals surface area contributed by atoms with Gasteiger partial charge in [0.25, 0.3) is 0 Å². The van der Waals surface area contributed by atoms with Gasteiger partial charge < -0.3 is 9.64 Å². The molecule has 8 heteroatoms. The lowest BCUT2D eigenvalue weighted by Gasteiger charge is -2.17. The number of hydrogen-bond acceptors (Lipinski definition) is 5. The fraction of sp³-hybridized carbons (Fsp3) is 0.389. The highest BCUT2D eigenvalue weighted by molar-refractivity contribution is 7.89. The molecule has 1 amide bonds. The number of hydrogen-bond donors (Lipinski definition) is 1. The summed E-state index contributed by atoms with van der Waals surface area (Å²) in [5, 5.41) is 1.99. The average molecular weight is 397 g/mol. The molecule has 0 spiro atoms. The Kier molecular flexibility index (Phi) is 7.19. The average Bonchev–Trinajstić information content (AvgIpc) is 3.00. The molecule has 0 aliphatic carbocycles. The summed E-state index contributed by atoms with van der Waals surface area (Å²) in [6.07, 6.45) is 0.108. The highest BCUT2D eigenvalue weighted by atomic mass is 32.2. The van der Waals surface area contributed by atoms with Crippen LogP contribution in [0.3, 0.4) is 0 Å². The SMILES string of the molecule is CCOc1ccc(S(=O)(=O)NCCC(=O)N(C)Cc2sccc2C)cc1. The molecule has 0 aliphatic heterocycles. The molecule has 1 aromatic carbocycles. The predicted octanol–water partition coefficient (Wildman–Crippen LogP) is 2.78. The molecule has 0 saturated heterocycles. The van der Waals surface area contributed by atoms with Crippen LogP contribution in [-0.2, 0) is 21.4 Å². The predicted molar refractivity (Wildman–Crippen MR) is 103 cm³/mol. The van der Waals surface area contributed by atoms with E-state index in [9.17, 15) is 13.2 Å². The van der Waals surface area contributed by atoms with E-state index in [1.807, 2.05) is 25.3 Å². The zero-order valence-corrected chi connectivity index (χ0v) is 16.8. The topological polar surface area (TPSA) is 75.7 Å². The minimum Gasteiger partial charge on any atom is -0.494 e.